The Balaban J connectivity index is 1.67. The van der Waals surface area contributed by atoms with Gasteiger partial charge in [-0.05, 0) is 24.0 Å². The second-order valence-electron chi connectivity index (χ2n) is 5.23. The van der Waals surface area contributed by atoms with E-state index >= 15 is 0 Å². The van der Waals surface area contributed by atoms with E-state index in [0.717, 1.165) is 22.4 Å². The summed E-state index contributed by atoms with van der Waals surface area (Å²) in [5.74, 6) is 0. The van der Waals surface area contributed by atoms with Crippen LogP contribution in [-0.2, 0) is 12.0 Å². The van der Waals surface area contributed by atoms with E-state index in [0.29, 0.717) is 19.5 Å². The third kappa shape index (κ3) is 2.12. The highest BCUT2D eigenvalue weighted by Crippen LogP contribution is 2.36. The van der Waals surface area contributed by atoms with Crippen LogP contribution in [0, 0.1) is 0 Å². The Morgan fingerprint density at radius 1 is 1.45 bits per heavy atom. The molecule has 0 spiro atoms. The summed E-state index contributed by atoms with van der Waals surface area (Å²) in [4.78, 5) is 24.4. The van der Waals surface area contributed by atoms with Crippen LogP contribution in [0.5, 0.6) is 0 Å². The number of imide groups is 1. The van der Waals surface area contributed by atoms with Gasteiger partial charge in [-0.1, -0.05) is 24.3 Å². The summed E-state index contributed by atoms with van der Waals surface area (Å²) in [5, 5.41) is 15.9. The molecular formula is C14H17N3O3. The van der Waals surface area contributed by atoms with E-state index in [2.05, 4.69) is 10.6 Å². The van der Waals surface area contributed by atoms with E-state index in [-0.39, 0.29) is 12.6 Å². The van der Waals surface area contributed by atoms with Gasteiger partial charge in [0.2, 0.25) is 0 Å². The molecule has 0 saturated carbocycles. The van der Waals surface area contributed by atoms with Gasteiger partial charge < -0.3 is 15.7 Å². The second-order valence-corrected chi connectivity index (χ2v) is 5.23. The van der Waals surface area contributed by atoms with Crippen LogP contribution in [0.1, 0.15) is 17.5 Å². The Hall–Kier alpha value is -2.08. The van der Waals surface area contributed by atoms with E-state index in [9.17, 15) is 14.7 Å². The maximum atomic E-state index is 11.9. The van der Waals surface area contributed by atoms with Crippen molar-refractivity contribution in [1.82, 2.24) is 15.5 Å². The molecule has 4 amide bonds. The van der Waals surface area contributed by atoms with Crippen molar-refractivity contribution in [3.05, 3.63) is 35.4 Å². The lowest BCUT2D eigenvalue weighted by molar-refractivity contribution is 0.0403. The number of nitrogens with one attached hydrogen (secondary N) is 2. The number of hydrogen-bond donors (Lipinski definition) is 3. The Labute approximate surface area is 116 Å². The molecule has 20 heavy (non-hydrogen) atoms. The quantitative estimate of drug-likeness (QED) is 0.737. The fourth-order valence-corrected chi connectivity index (χ4v) is 2.83. The maximum Gasteiger partial charge on any atom is 0.325 e. The zero-order valence-corrected chi connectivity index (χ0v) is 11.1. The van der Waals surface area contributed by atoms with Crippen molar-refractivity contribution >= 4 is 12.1 Å². The maximum absolute atomic E-state index is 11.9. The highest BCUT2D eigenvalue weighted by Gasteiger charge is 2.37. The molecule has 1 fully saturated rings. The summed E-state index contributed by atoms with van der Waals surface area (Å²) >= 11 is 0. The Bertz CT molecular complexity index is 560. The van der Waals surface area contributed by atoms with Gasteiger partial charge >= 0.3 is 12.1 Å². The van der Waals surface area contributed by atoms with Gasteiger partial charge in [-0.2, -0.15) is 0 Å². The first-order chi connectivity index (χ1) is 9.60. The van der Waals surface area contributed by atoms with Crippen LogP contribution in [0.4, 0.5) is 9.59 Å². The van der Waals surface area contributed by atoms with Gasteiger partial charge in [0.05, 0.1) is 6.54 Å². The summed E-state index contributed by atoms with van der Waals surface area (Å²) in [6.07, 6.45) is 1.38. The largest absolute Gasteiger partial charge is 0.383 e. The van der Waals surface area contributed by atoms with Gasteiger partial charge in [-0.3, -0.25) is 0 Å². The smallest absolute Gasteiger partial charge is 0.325 e. The minimum Gasteiger partial charge on any atom is -0.383 e. The fraction of sp³-hybridized carbons (Fsp3) is 0.429. The first-order valence-corrected chi connectivity index (χ1v) is 6.74. The van der Waals surface area contributed by atoms with Crippen LogP contribution in [0.3, 0.4) is 0 Å². The summed E-state index contributed by atoms with van der Waals surface area (Å²) in [7, 11) is 0. The SMILES string of the molecule is O=C1NCCN1C(=O)NCC1(O)CCc2ccccc21. The van der Waals surface area contributed by atoms with Crippen molar-refractivity contribution in [1.29, 1.82) is 0 Å². The lowest BCUT2D eigenvalue weighted by Crippen LogP contribution is -2.47. The highest BCUT2D eigenvalue weighted by atomic mass is 16.3. The summed E-state index contributed by atoms with van der Waals surface area (Å²) in [5.41, 5.74) is 0.942. The minimum absolute atomic E-state index is 0.118. The molecule has 1 unspecified atom stereocenters. The normalized spacial score (nSPS) is 24.4. The molecule has 1 heterocycles. The molecular weight excluding hydrogens is 258 g/mol. The molecule has 106 valence electrons. The standard InChI is InChI=1S/C14H17N3O3/c18-12-15-7-8-17(12)13(19)16-9-14(20)6-5-10-3-1-2-4-11(10)14/h1-4,20H,5-9H2,(H,15,18)(H,16,19). The third-order valence-electron chi connectivity index (χ3n) is 3.96. The number of amides is 4. The van der Waals surface area contributed by atoms with Crippen LogP contribution in [0.2, 0.25) is 0 Å². The van der Waals surface area contributed by atoms with E-state index in [1.807, 2.05) is 24.3 Å². The molecule has 6 nitrogen and oxygen atoms in total. The molecule has 1 aliphatic heterocycles. The van der Waals surface area contributed by atoms with Crippen LogP contribution in [0.15, 0.2) is 24.3 Å². The zero-order chi connectivity index (χ0) is 14.2. The lowest BCUT2D eigenvalue weighted by Gasteiger charge is -2.25. The molecule has 0 radical (unpaired) electrons. The fourth-order valence-electron chi connectivity index (χ4n) is 2.83. The molecule has 0 aromatic heterocycles. The first kappa shape index (κ1) is 12.9. The summed E-state index contributed by atoms with van der Waals surface area (Å²) in [6.45, 7) is 0.950. The molecule has 1 saturated heterocycles. The van der Waals surface area contributed by atoms with Crippen molar-refractivity contribution < 1.29 is 14.7 Å². The Kier molecular flexibility index (Phi) is 3.10. The summed E-state index contributed by atoms with van der Waals surface area (Å²) < 4.78 is 0. The van der Waals surface area contributed by atoms with Crippen molar-refractivity contribution in [2.75, 3.05) is 19.6 Å². The molecule has 1 aliphatic carbocycles. The van der Waals surface area contributed by atoms with Gasteiger partial charge in [0, 0.05) is 13.1 Å². The number of aliphatic hydroxyl groups is 1. The summed E-state index contributed by atoms with van der Waals surface area (Å²) in [6, 6.07) is 6.85. The van der Waals surface area contributed by atoms with E-state index in [1.54, 1.807) is 0 Å². The molecule has 3 rings (SSSR count). The van der Waals surface area contributed by atoms with Crippen molar-refractivity contribution in [2.45, 2.75) is 18.4 Å². The number of rotatable bonds is 2. The molecule has 6 heteroatoms. The number of nitrogens with zero attached hydrogens (tertiary/aromatic N) is 1. The first-order valence-electron chi connectivity index (χ1n) is 6.74. The molecule has 1 aromatic rings. The number of carbonyl (C=O) groups is 2. The van der Waals surface area contributed by atoms with Crippen molar-refractivity contribution in [3.8, 4) is 0 Å². The molecule has 2 aliphatic rings. The number of carbonyl (C=O) groups excluding carboxylic acids is 2. The van der Waals surface area contributed by atoms with Crippen LogP contribution in [-0.4, -0.2) is 41.7 Å². The van der Waals surface area contributed by atoms with E-state index in [1.165, 1.54) is 0 Å². The minimum atomic E-state index is -1.04. The average molecular weight is 275 g/mol. The zero-order valence-electron chi connectivity index (χ0n) is 11.1. The monoisotopic (exact) mass is 275 g/mol. The Morgan fingerprint density at radius 2 is 2.25 bits per heavy atom. The number of fused-ring (bicyclic) bond motifs is 1. The second kappa shape index (κ2) is 4.79. The number of aryl methyl sites for hydroxylation is 1. The number of benzene rings is 1. The number of urea groups is 2. The molecule has 1 aromatic carbocycles. The topological polar surface area (TPSA) is 81.7 Å². The van der Waals surface area contributed by atoms with Gasteiger partial charge in [0.1, 0.15) is 5.60 Å². The lowest BCUT2D eigenvalue weighted by atomic mass is 9.96. The van der Waals surface area contributed by atoms with Gasteiger partial charge in [-0.15, -0.1) is 0 Å². The highest BCUT2D eigenvalue weighted by molar-refractivity contribution is 5.94. The van der Waals surface area contributed by atoms with Crippen molar-refractivity contribution in [2.24, 2.45) is 0 Å². The van der Waals surface area contributed by atoms with E-state index in [4.69, 9.17) is 0 Å². The average Bonchev–Trinajstić information content (AvgIpc) is 3.02. The predicted octanol–water partition coefficient (Wildman–Crippen LogP) is 0.555. The van der Waals surface area contributed by atoms with Crippen LogP contribution >= 0.6 is 0 Å². The third-order valence-corrected chi connectivity index (χ3v) is 3.96. The van der Waals surface area contributed by atoms with Gasteiger partial charge in [0.25, 0.3) is 0 Å². The van der Waals surface area contributed by atoms with Crippen LogP contribution < -0.4 is 10.6 Å². The molecule has 1 atom stereocenters. The van der Waals surface area contributed by atoms with Gasteiger partial charge in [-0.25, -0.2) is 14.5 Å². The van der Waals surface area contributed by atoms with Gasteiger partial charge in [0.15, 0.2) is 0 Å². The van der Waals surface area contributed by atoms with E-state index < -0.39 is 11.6 Å². The van der Waals surface area contributed by atoms with Crippen molar-refractivity contribution in [3.63, 3.8) is 0 Å². The number of hydrogen-bond acceptors (Lipinski definition) is 3. The predicted molar refractivity (Wildman–Crippen MR) is 72.2 cm³/mol. The molecule has 0 bridgehead atoms. The molecule has 3 N–H and O–H groups in total. The van der Waals surface area contributed by atoms with Crippen LogP contribution in [0.25, 0.3) is 0 Å². The Morgan fingerprint density at radius 3 is 3.00 bits per heavy atom.